The molecule has 7 heteroatoms. The largest absolute Gasteiger partial charge is 0.468 e. The summed E-state index contributed by atoms with van der Waals surface area (Å²) in [5.74, 6) is 0.537. The molecule has 3 rings (SSSR count). The van der Waals surface area contributed by atoms with Crippen LogP contribution in [-0.2, 0) is 20.1 Å². The summed E-state index contributed by atoms with van der Waals surface area (Å²) in [6, 6.07) is 10.6. The molecule has 2 aromatic rings. The molecule has 2 heterocycles. The van der Waals surface area contributed by atoms with E-state index < -0.39 is 0 Å². The zero-order valence-corrected chi connectivity index (χ0v) is 17.4. The SMILES string of the molecule is CCCCCN1C(=O)C(SCc2ccco2)=C(c2ccc(NC(C)=O)cc2)C1=O. The van der Waals surface area contributed by atoms with Gasteiger partial charge in [-0.3, -0.25) is 19.3 Å². The van der Waals surface area contributed by atoms with E-state index in [2.05, 4.69) is 12.2 Å². The zero-order valence-electron chi connectivity index (χ0n) is 16.6. The van der Waals surface area contributed by atoms with Gasteiger partial charge in [-0.25, -0.2) is 0 Å². The van der Waals surface area contributed by atoms with Crippen LogP contribution in [0.1, 0.15) is 44.4 Å². The highest BCUT2D eigenvalue weighted by atomic mass is 32.2. The zero-order chi connectivity index (χ0) is 20.8. The molecule has 0 unspecified atom stereocenters. The number of nitrogens with one attached hydrogen (secondary N) is 1. The highest BCUT2D eigenvalue weighted by Crippen LogP contribution is 2.38. The Labute approximate surface area is 174 Å². The van der Waals surface area contributed by atoms with E-state index in [9.17, 15) is 14.4 Å². The van der Waals surface area contributed by atoms with Crippen molar-refractivity contribution >= 4 is 40.7 Å². The van der Waals surface area contributed by atoms with E-state index in [1.807, 2.05) is 6.07 Å². The highest BCUT2D eigenvalue weighted by Gasteiger charge is 2.38. The number of benzene rings is 1. The first-order valence-corrected chi connectivity index (χ1v) is 10.6. The van der Waals surface area contributed by atoms with Crippen molar-refractivity contribution in [1.29, 1.82) is 0 Å². The Morgan fingerprint density at radius 3 is 2.48 bits per heavy atom. The Bertz CT molecular complexity index is 917. The molecule has 29 heavy (non-hydrogen) atoms. The number of hydrogen-bond donors (Lipinski definition) is 1. The molecule has 1 N–H and O–H groups in total. The molecule has 1 aliphatic heterocycles. The first-order valence-electron chi connectivity index (χ1n) is 9.65. The fraction of sp³-hybridized carbons (Fsp3) is 0.318. The minimum atomic E-state index is -0.264. The maximum absolute atomic E-state index is 13.1. The second kappa shape index (κ2) is 9.60. The number of nitrogens with zero attached hydrogens (tertiary/aromatic N) is 1. The molecule has 3 amide bonds. The van der Waals surface area contributed by atoms with E-state index in [0.29, 0.717) is 34.0 Å². The van der Waals surface area contributed by atoms with E-state index >= 15 is 0 Å². The minimum absolute atomic E-state index is 0.166. The molecule has 0 saturated carbocycles. The smallest absolute Gasteiger partial charge is 0.267 e. The number of thioether (sulfide) groups is 1. The number of rotatable bonds is 9. The second-order valence-corrected chi connectivity index (χ2v) is 7.79. The number of hydrogen-bond acceptors (Lipinski definition) is 5. The average molecular weight is 413 g/mol. The van der Waals surface area contributed by atoms with Crippen LogP contribution in [-0.4, -0.2) is 29.2 Å². The number of furan rings is 1. The van der Waals surface area contributed by atoms with Crippen LogP contribution in [0.25, 0.3) is 5.57 Å². The van der Waals surface area contributed by atoms with Gasteiger partial charge in [-0.05, 0) is 36.2 Å². The van der Waals surface area contributed by atoms with Gasteiger partial charge in [-0.15, -0.1) is 11.8 Å². The lowest BCUT2D eigenvalue weighted by Crippen LogP contribution is -2.32. The van der Waals surface area contributed by atoms with E-state index in [-0.39, 0.29) is 17.7 Å². The van der Waals surface area contributed by atoms with Crippen LogP contribution in [0.4, 0.5) is 5.69 Å². The molecular formula is C22H24N2O4S. The van der Waals surface area contributed by atoms with Gasteiger partial charge in [0.25, 0.3) is 11.8 Å². The molecule has 1 aliphatic rings. The number of anilines is 1. The molecule has 6 nitrogen and oxygen atoms in total. The van der Waals surface area contributed by atoms with Crippen LogP contribution in [0.5, 0.6) is 0 Å². The molecule has 1 aromatic carbocycles. The Morgan fingerprint density at radius 2 is 1.86 bits per heavy atom. The fourth-order valence-electron chi connectivity index (χ4n) is 3.13. The predicted molar refractivity (Wildman–Crippen MR) is 114 cm³/mol. The van der Waals surface area contributed by atoms with Gasteiger partial charge in [0.15, 0.2) is 0 Å². The Morgan fingerprint density at radius 1 is 1.10 bits per heavy atom. The molecule has 0 fully saturated rings. The quantitative estimate of drug-likeness (QED) is 0.486. The van der Waals surface area contributed by atoms with Crippen molar-refractivity contribution in [3.8, 4) is 0 Å². The third-order valence-electron chi connectivity index (χ3n) is 4.54. The van der Waals surface area contributed by atoms with E-state index in [1.165, 1.54) is 23.6 Å². The molecule has 1 aromatic heterocycles. The Kier molecular flexibility index (Phi) is 6.93. The topological polar surface area (TPSA) is 79.6 Å². The molecule has 0 radical (unpaired) electrons. The van der Waals surface area contributed by atoms with Crippen LogP contribution in [0.2, 0.25) is 0 Å². The highest BCUT2D eigenvalue weighted by molar-refractivity contribution is 8.03. The molecular weight excluding hydrogens is 388 g/mol. The van der Waals surface area contributed by atoms with Crippen LogP contribution in [0.15, 0.2) is 52.0 Å². The van der Waals surface area contributed by atoms with Crippen molar-refractivity contribution in [1.82, 2.24) is 4.90 Å². The van der Waals surface area contributed by atoms with Crippen LogP contribution >= 0.6 is 11.8 Å². The summed E-state index contributed by atoms with van der Waals surface area (Å²) in [5.41, 5.74) is 1.72. The molecule has 152 valence electrons. The first kappa shape index (κ1) is 20.9. The van der Waals surface area contributed by atoms with Gasteiger partial charge in [-0.1, -0.05) is 31.9 Å². The Balaban J connectivity index is 1.88. The van der Waals surface area contributed by atoms with Gasteiger partial charge in [0.05, 0.1) is 22.5 Å². The molecule has 0 aliphatic carbocycles. The summed E-state index contributed by atoms with van der Waals surface area (Å²) < 4.78 is 5.36. The maximum atomic E-state index is 13.1. The van der Waals surface area contributed by atoms with Crippen molar-refractivity contribution in [2.45, 2.75) is 38.9 Å². The standard InChI is InChI=1S/C22H24N2O4S/c1-3-4-5-12-24-21(26)19(16-8-10-17(11-9-16)23-15(2)25)20(22(24)27)29-14-18-7-6-13-28-18/h6-11,13H,3-5,12,14H2,1-2H3,(H,23,25). The van der Waals surface area contributed by atoms with Crippen molar-refractivity contribution in [3.05, 3.63) is 58.9 Å². The molecule has 0 bridgehead atoms. The monoisotopic (exact) mass is 412 g/mol. The lowest BCUT2D eigenvalue weighted by Gasteiger charge is -2.14. The lowest BCUT2D eigenvalue weighted by molar-refractivity contribution is -0.136. The van der Waals surface area contributed by atoms with Crippen molar-refractivity contribution < 1.29 is 18.8 Å². The summed E-state index contributed by atoms with van der Waals surface area (Å²) in [7, 11) is 0. The lowest BCUT2D eigenvalue weighted by atomic mass is 10.1. The normalized spacial score (nSPS) is 14.1. The van der Waals surface area contributed by atoms with Gasteiger partial charge in [0.1, 0.15) is 5.76 Å². The third-order valence-corrected chi connectivity index (χ3v) is 5.64. The number of carbonyl (C=O) groups excluding carboxylic acids is 3. The van der Waals surface area contributed by atoms with Crippen molar-refractivity contribution in [3.63, 3.8) is 0 Å². The van der Waals surface area contributed by atoms with Gasteiger partial charge < -0.3 is 9.73 Å². The molecule has 0 saturated heterocycles. The van der Waals surface area contributed by atoms with Gasteiger partial charge in [-0.2, -0.15) is 0 Å². The van der Waals surface area contributed by atoms with Gasteiger partial charge >= 0.3 is 0 Å². The third kappa shape index (κ3) is 4.98. The van der Waals surface area contributed by atoms with Crippen LogP contribution in [0.3, 0.4) is 0 Å². The van der Waals surface area contributed by atoms with Gasteiger partial charge in [0, 0.05) is 19.2 Å². The summed E-state index contributed by atoms with van der Waals surface area (Å²) >= 11 is 1.32. The average Bonchev–Trinajstić information content (AvgIpc) is 3.29. The summed E-state index contributed by atoms with van der Waals surface area (Å²) in [6.07, 6.45) is 4.36. The van der Waals surface area contributed by atoms with E-state index in [0.717, 1.165) is 25.0 Å². The number of unbranched alkanes of at least 4 members (excludes halogenated alkanes) is 2. The first-order chi connectivity index (χ1) is 14.0. The van der Waals surface area contributed by atoms with Crippen LogP contribution in [0, 0.1) is 0 Å². The minimum Gasteiger partial charge on any atom is -0.468 e. The van der Waals surface area contributed by atoms with Crippen molar-refractivity contribution in [2.24, 2.45) is 0 Å². The van der Waals surface area contributed by atoms with E-state index in [1.54, 1.807) is 36.6 Å². The van der Waals surface area contributed by atoms with Crippen molar-refractivity contribution in [2.75, 3.05) is 11.9 Å². The summed E-state index contributed by atoms with van der Waals surface area (Å²) in [5, 5.41) is 2.71. The number of carbonyl (C=O) groups is 3. The molecule has 0 spiro atoms. The Hall–Kier alpha value is -2.80. The second-order valence-electron chi connectivity index (χ2n) is 6.80. The fourth-order valence-corrected chi connectivity index (χ4v) is 4.16. The van der Waals surface area contributed by atoms with Crippen LogP contribution < -0.4 is 5.32 Å². The number of amides is 3. The van der Waals surface area contributed by atoms with Gasteiger partial charge in [0.2, 0.25) is 5.91 Å². The summed E-state index contributed by atoms with van der Waals surface area (Å²) in [4.78, 5) is 39.1. The number of imide groups is 1. The molecule has 0 atom stereocenters. The van der Waals surface area contributed by atoms with E-state index in [4.69, 9.17) is 4.42 Å². The predicted octanol–water partition coefficient (Wildman–Crippen LogP) is 4.44. The maximum Gasteiger partial charge on any atom is 0.267 e. The summed E-state index contributed by atoms with van der Waals surface area (Å²) in [6.45, 7) is 3.94.